The predicted octanol–water partition coefficient (Wildman–Crippen LogP) is 8.95. The van der Waals surface area contributed by atoms with Crippen molar-refractivity contribution in [2.45, 2.75) is 119 Å². The van der Waals surface area contributed by atoms with Crippen LogP contribution in [0.4, 0.5) is 0 Å². The van der Waals surface area contributed by atoms with Crippen molar-refractivity contribution in [3.05, 3.63) is 47.6 Å². The van der Waals surface area contributed by atoms with Crippen molar-refractivity contribution in [2.24, 2.45) is 45.3 Å². The van der Waals surface area contributed by atoms with Gasteiger partial charge in [0.1, 0.15) is 11.5 Å². The van der Waals surface area contributed by atoms with Crippen LogP contribution in [-0.4, -0.2) is 25.9 Å². The summed E-state index contributed by atoms with van der Waals surface area (Å²) >= 11 is 0. The minimum Gasteiger partial charge on any atom is -0.362 e. The molecular formula is C36H54O8S2. The second-order valence-electron chi connectivity index (χ2n) is 16.2. The van der Waals surface area contributed by atoms with E-state index in [0.717, 1.165) is 51.4 Å². The quantitative estimate of drug-likeness (QED) is 0.196. The molecule has 0 saturated heterocycles. The zero-order valence-electron chi connectivity index (χ0n) is 28.5. The highest BCUT2D eigenvalue weighted by molar-refractivity contribution is 7.81. The first kappa shape index (κ1) is 35.4. The zero-order chi connectivity index (χ0) is 33.9. The van der Waals surface area contributed by atoms with Gasteiger partial charge in [-0.3, -0.25) is 9.11 Å². The molecule has 0 aliphatic heterocycles. The summed E-state index contributed by atoms with van der Waals surface area (Å²) in [4.78, 5) is 0. The molecule has 8 nitrogen and oxygen atoms in total. The third-order valence-electron chi connectivity index (χ3n) is 13.5. The minimum absolute atomic E-state index is 0.0691. The molecule has 0 heterocycles. The molecule has 1 aromatic carbocycles. The first-order valence-corrected chi connectivity index (χ1v) is 19.8. The van der Waals surface area contributed by atoms with Gasteiger partial charge in [0.25, 0.3) is 0 Å². The van der Waals surface area contributed by atoms with Gasteiger partial charge < -0.3 is 8.37 Å². The van der Waals surface area contributed by atoms with Crippen LogP contribution in [0.3, 0.4) is 0 Å². The van der Waals surface area contributed by atoms with Crippen molar-refractivity contribution in [1.82, 2.24) is 0 Å². The summed E-state index contributed by atoms with van der Waals surface area (Å²) in [6.45, 7) is 19.1. The summed E-state index contributed by atoms with van der Waals surface area (Å²) < 4.78 is 75.3. The highest BCUT2D eigenvalue weighted by atomic mass is 32.3. The van der Waals surface area contributed by atoms with Crippen LogP contribution in [0.5, 0.6) is 11.5 Å². The lowest BCUT2D eigenvalue weighted by molar-refractivity contribution is -0.0731. The number of fused-ring (bicyclic) bond motifs is 2. The van der Waals surface area contributed by atoms with Gasteiger partial charge in [-0.25, -0.2) is 0 Å². The molecule has 1 aromatic rings. The Bertz CT molecular complexity index is 1590. The van der Waals surface area contributed by atoms with Crippen LogP contribution in [0, 0.1) is 45.3 Å². The molecule has 46 heavy (non-hydrogen) atoms. The van der Waals surface area contributed by atoms with Gasteiger partial charge in [-0.2, -0.15) is 16.8 Å². The Balaban J connectivity index is 1.51. The fourth-order valence-electron chi connectivity index (χ4n) is 10.4. The van der Waals surface area contributed by atoms with Crippen LogP contribution in [-0.2, 0) is 27.2 Å². The Kier molecular flexibility index (Phi) is 9.41. The van der Waals surface area contributed by atoms with Crippen molar-refractivity contribution in [1.29, 1.82) is 0 Å². The van der Waals surface area contributed by atoms with Gasteiger partial charge in [0.2, 0.25) is 0 Å². The maximum Gasteiger partial charge on any atom is 0.446 e. The lowest BCUT2D eigenvalue weighted by atomic mass is 9.43. The predicted molar refractivity (Wildman–Crippen MR) is 180 cm³/mol. The maximum atomic E-state index is 11.8. The van der Waals surface area contributed by atoms with E-state index in [1.165, 1.54) is 43.0 Å². The number of benzene rings is 1. The summed E-state index contributed by atoms with van der Waals surface area (Å²) in [5.41, 5.74) is 3.42. The van der Waals surface area contributed by atoms with Crippen LogP contribution in [0.2, 0.25) is 0 Å². The molecule has 0 spiro atoms. The first-order chi connectivity index (χ1) is 21.2. The largest absolute Gasteiger partial charge is 0.446 e. The van der Waals surface area contributed by atoms with E-state index in [1.54, 1.807) is 5.57 Å². The Morgan fingerprint density at radius 1 is 0.870 bits per heavy atom. The molecule has 0 amide bonds. The molecular weight excluding hydrogens is 625 g/mol. The van der Waals surface area contributed by atoms with E-state index in [2.05, 4.69) is 47.6 Å². The van der Waals surface area contributed by atoms with E-state index in [4.69, 9.17) is 14.9 Å². The van der Waals surface area contributed by atoms with Gasteiger partial charge in [0.05, 0.1) is 0 Å². The summed E-state index contributed by atoms with van der Waals surface area (Å²) in [5, 5.41) is 0. The van der Waals surface area contributed by atoms with Gasteiger partial charge in [-0.15, -0.1) is 0 Å². The zero-order valence-corrected chi connectivity index (χ0v) is 30.1. The maximum absolute atomic E-state index is 11.8. The summed E-state index contributed by atoms with van der Waals surface area (Å²) in [7, 11) is -9.65. The summed E-state index contributed by atoms with van der Waals surface area (Å²) in [5.74, 6) is 1.44. The lowest BCUT2D eigenvalue weighted by Crippen LogP contribution is -2.53. The average Bonchev–Trinajstić information content (AvgIpc) is 2.93. The van der Waals surface area contributed by atoms with Crippen molar-refractivity contribution in [3.8, 4) is 11.5 Å². The van der Waals surface area contributed by atoms with E-state index >= 15 is 0 Å². The van der Waals surface area contributed by atoms with Crippen molar-refractivity contribution in [2.75, 3.05) is 0 Å². The molecule has 1 unspecified atom stereocenters. The van der Waals surface area contributed by atoms with Crippen LogP contribution in [0.25, 0.3) is 0 Å². The molecule has 7 atom stereocenters. The third kappa shape index (κ3) is 6.70. The van der Waals surface area contributed by atoms with Crippen molar-refractivity contribution < 1.29 is 34.3 Å². The van der Waals surface area contributed by atoms with Crippen molar-refractivity contribution in [3.63, 3.8) is 0 Å². The normalized spacial score (nSPS) is 36.3. The van der Waals surface area contributed by atoms with E-state index in [9.17, 15) is 25.9 Å². The molecule has 4 aliphatic rings. The fourth-order valence-corrected chi connectivity index (χ4v) is 11.2. The molecule has 0 radical (unpaired) electrons. The van der Waals surface area contributed by atoms with E-state index < -0.39 is 20.8 Å². The molecule has 0 bridgehead atoms. The molecule has 0 aromatic heterocycles. The Hall–Kier alpha value is -1.88. The number of hydrogen-bond donors (Lipinski definition) is 2. The first-order valence-electron chi connectivity index (χ1n) is 17.1. The summed E-state index contributed by atoms with van der Waals surface area (Å²) in [6.07, 6.45) is 15.1. The summed E-state index contributed by atoms with van der Waals surface area (Å²) in [6, 6.07) is 3.84. The van der Waals surface area contributed by atoms with E-state index in [1.807, 2.05) is 0 Å². The average molecular weight is 679 g/mol. The van der Waals surface area contributed by atoms with Gasteiger partial charge in [-0.1, -0.05) is 71.8 Å². The Morgan fingerprint density at radius 3 is 2.24 bits per heavy atom. The molecule has 258 valence electrons. The fraction of sp³-hybridized carbons (Fsp3) is 0.722. The van der Waals surface area contributed by atoms with Crippen LogP contribution in [0.15, 0.2) is 42.0 Å². The second kappa shape index (κ2) is 12.2. The van der Waals surface area contributed by atoms with Crippen LogP contribution >= 0.6 is 0 Å². The van der Waals surface area contributed by atoms with Gasteiger partial charge >= 0.3 is 20.8 Å². The highest BCUT2D eigenvalue weighted by Crippen LogP contribution is 2.66. The van der Waals surface area contributed by atoms with Gasteiger partial charge in [0.15, 0.2) is 0 Å². The van der Waals surface area contributed by atoms with Crippen molar-refractivity contribution >= 4 is 20.8 Å². The van der Waals surface area contributed by atoms with Gasteiger partial charge in [0, 0.05) is 5.56 Å². The third-order valence-corrected chi connectivity index (χ3v) is 14.3. The monoisotopic (exact) mass is 678 g/mol. The standard InChI is InChI=1S/C36H54O8S2/c1-24-13-15-29-30(11-9-18-33(29,4)5)34(24,6)20-21-36-19-17-25(2)35(7,32(36)12-8-10-26(36)3)23-27-22-28(43-45(37,38)39)14-16-31(27)44-46(40,41)42/h14-16,22,24-25,30,32H,3,8-13,17-21,23H2,1-2,4-7H3,(H,37,38,39)(H,40,41,42)/t24-,25+,30+,32-,34+,35+,36?/m0/s1. The molecule has 10 heteroatoms. The molecule has 2 N–H and O–H groups in total. The van der Waals surface area contributed by atoms with Crippen LogP contribution in [0.1, 0.15) is 118 Å². The SMILES string of the molecule is C=C1CCC[C@@H]2C1(CC[C@@]1(C)[C@@H]3CCCC(C)(C)C3=CC[C@@H]1C)CC[C@@H](C)[C@@]2(C)Cc1cc(OS(=O)(=O)O)ccc1OS(=O)(=O)O. The van der Waals surface area contributed by atoms with Crippen LogP contribution < -0.4 is 8.37 Å². The molecule has 3 saturated carbocycles. The molecule has 4 aliphatic carbocycles. The van der Waals surface area contributed by atoms with E-state index in [-0.39, 0.29) is 45.0 Å². The molecule has 3 fully saturated rings. The Morgan fingerprint density at radius 2 is 1.57 bits per heavy atom. The second-order valence-corrected chi connectivity index (χ2v) is 18.3. The number of hydrogen-bond acceptors (Lipinski definition) is 6. The molecule has 5 rings (SSSR count). The highest BCUT2D eigenvalue weighted by Gasteiger charge is 2.57. The van der Waals surface area contributed by atoms with E-state index in [0.29, 0.717) is 23.8 Å². The minimum atomic E-state index is -4.84. The number of rotatable bonds is 9. The van der Waals surface area contributed by atoms with Gasteiger partial charge in [-0.05, 0) is 134 Å². The smallest absolute Gasteiger partial charge is 0.362 e. The number of allylic oxidation sites excluding steroid dienone is 3. The Labute approximate surface area is 277 Å². The topological polar surface area (TPSA) is 127 Å². The lowest BCUT2D eigenvalue weighted by Gasteiger charge is -2.61.